The molecule has 0 spiro atoms. The molecule has 0 radical (unpaired) electrons. The van der Waals surface area contributed by atoms with Gasteiger partial charge in [0.1, 0.15) is 5.75 Å². The molecule has 1 rings (SSSR count). The summed E-state index contributed by atoms with van der Waals surface area (Å²) < 4.78 is 5.00. The standard InChI is InChI=1S/C8H9BrO.H3P/c1-10-8-4-2-7(6-9)3-5-8;/h2-5H,6H2,1H3;1H3. The van der Waals surface area contributed by atoms with E-state index in [0.717, 1.165) is 11.1 Å². The highest BCUT2D eigenvalue weighted by Crippen LogP contribution is 2.12. The van der Waals surface area contributed by atoms with E-state index < -0.39 is 0 Å². The van der Waals surface area contributed by atoms with Crippen LogP contribution in [0.4, 0.5) is 0 Å². The fraction of sp³-hybridized carbons (Fsp3) is 0.250. The maximum absolute atomic E-state index is 5.00. The van der Waals surface area contributed by atoms with E-state index in [1.165, 1.54) is 5.56 Å². The Labute approximate surface area is 78.9 Å². The van der Waals surface area contributed by atoms with E-state index in [4.69, 9.17) is 4.74 Å². The average Bonchev–Trinajstić information content (AvgIpc) is 2.05. The largest absolute Gasteiger partial charge is 0.497 e. The molecule has 0 amide bonds. The van der Waals surface area contributed by atoms with Crippen LogP contribution in [0, 0.1) is 0 Å². The number of ether oxygens (including phenoxy) is 1. The van der Waals surface area contributed by atoms with E-state index in [-0.39, 0.29) is 9.90 Å². The summed E-state index contributed by atoms with van der Waals surface area (Å²) in [7, 11) is 1.67. The third kappa shape index (κ3) is 3.22. The molecule has 0 fully saturated rings. The number of halogens is 1. The molecule has 1 atom stereocenters. The second kappa shape index (κ2) is 5.56. The predicted octanol–water partition coefficient (Wildman–Crippen LogP) is 2.65. The lowest BCUT2D eigenvalue weighted by Crippen LogP contribution is -1.82. The van der Waals surface area contributed by atoms with Crippen molar-refractivity contribution in [3.63, 3.8) is 0 Å². The number of methoxy groups -OCH3 is 1. The van der Waals surface area contributed by atoms with Gasteiger partial charge in [-0.3, -0.25) is 0 Å². The van der Waals surface area contributed by atoms with E-state index in [9.17, 15) is 0 Å². The molecule has 0 saturated carbocycles. The lowest BCUT2D eigenvalue weighted by atomic mass is 10.2. The van der Waals surface area contributed by atoms with Crippen molar-refractivity contribution in [2.45, 2.75) is 5.33 Å². The molecule has 0 aliphatic carbocycles. The van der Waals surface area contributed by atoms with Gasteiger partial charge in [-0.15, -0.1) is 0 Å². The molecule has 0 aliphatic heterocycles. The Morgan fingerprint density at radius 3 is 2.18 bits per heavy atom. The van der Waals surface area contributed by atoms with E-state index in [2.05, 4.69) is 15.9 Å². The highest BCUT2D eigenvalue weighted by Gasteiger charge is 1.89. The zero-order valence-electron chi connectivity index (χ0n) is 6.51. The fourth-order valence-electron chi connectivity index (χ4n) is 0.715. The van der Waals surface area contributed by atoms with Gasteiger partial charge >= 0.3 is 0 Å². The van der Waals surface area contributed by atoms with Gasteiger partial charge in [0.25, 0.3) is 0 Å². The molecular weight excluding hydrogens is 223 g/mol. The number of hydrogen-bond donors (Lipinski definition) is 0. The third-order valence-corrected chi connectivity index (χ3v) is 1.96. The van der Waals surface area contributed by atoms with Gasteiger partial charge in [0.2, 0.25) is 0 Å². The third-order valence-electron chi connectivity index (χ3n) is 1.31. The van der Waals surface area contributed by atoms with Gasteiger partial charge in [0.05, 0.1) is 7.11 Å². The van der Waals surface area contributed by atoms with Crippen molar-refractivity contribution in [2.24, 2.45) is 0 Å². The minimum Gasteiger partial charge on any atom is -0.497 e. The fourth-order valence-corrected chi connectivity index (χ4v) is 1.09. The van der Waals surface area contributed by atoms with E-state index in [1.54, 1.807) is 7.11 Å². The summed E-state index contributed by atoms with van der Waals surface area (Å²) in [5, 5.41) is 0.900. The van der Waals surface area contributed by atoms with Gasteiger partial charge in [-0.25, -0.2) is 0 Å². The Morgan fingerprint density at radius 2 is 1.82 bits per heavy atom. The molecule has 0 aromatic heterocycles. The lowest BCUT2D eigenvalue weighted by Gasteiger charge is -1.98. The molecule has 1 nitrogen and oxygen atoms in total. The molecule has 1 unspecified atom stereocenters. The number of hydrogen-bond acceptors (Lipinski definition) is 1. The second-order valence-corrected chi connectivity index (χ2v) is 2.54. The second-order valence-electron chi connectivity index (χ2n) is 1.98. The molecule has 0 saturated heterocycles. The van der Waals surface area contributed by atoms with E-state index in [0.29, 0.717) is 0 Å². The van der Waals surface area contributed by atoms with Crippen LogP contribution in [-0.2, 0) is 5.33 Å². The maximum Gasteiger partial charge on any atom is 0.118 e. The van der Waals surface area contributed by atoms with Crippen molar-refractivity contribution < 1.29 is 4.74 Å². The van der Waals surface area contributed by atoms with Crippen LogP contribution in [0.3, 0.4) is 0 Å². The molecule has 3 heteroatoms. The Bertz CT molecular complexity index is 175. The van der Waals surface area contributed by atoms with Gasteiger partial charge in [-0.05, 0) is 17.7 Å². The van der Waals surface area contributed by atoms with Crippen LogP contribution < -0.4 is 4.74 Å². The van der Waals surface area contributed by atoms with Gasteiger partial charge < -0.3 is 4.74 Å². The normalized spacial score (nSPS) is 8.55. The molecule has 0 heterocycles. The van der Waals surface area contributed by atoms with Crippen LogP contribution in [0.15, 0.2) is 24.3 Å². The summed E-state index contributed by atoms with van der Waals surface area (Å²) in [5.41, 5.74) is 1.26. The first-order valence-electron chi connectivity index (χ1n) is 3.05. The SMILES string of the molecule is COc1ccc(CBr)cc1.P. The van der Waals surface area contributed by atoms with Crippen molar-refractivity contribution in [1.82, 2.24) is 0 Å². The van der Waals surface area contributed by atoms with Crippen molar-refractivity contribution in [3.8, 4) is 5.75 Å². The van der Waals surface area contributed by atoms with Crippen LogP contribution in [0.1, 0.15) is 5.56 Å². The molecule has 0 N–H and O–H groups in total. The van der Waals surface area contributed by atoms with Gasteiger partial charge in [-0.2, -0.15) is 9.90 Å². The first-order chi connectivity index (χ1) is 4.86. The van der Waals surface area contributed by atoms with Gasteiger partial charge in [0, 0.05) is 5.33 Å². The first kappa shape index (κ1) is 10.9. The quantitative estimate of drug-likeness (QED) is 0.565. The van der Waals surface area contributed by atoms with Crippen LogP contribution in [0.25, 0.3) is 0 Å². The Kier molecular flexibility index (Phi) is 5.53. The van der Waals surface area contributed by atoms with Gasteiger partial charge in [0.15, 0.2) is 0 Å². The zero-order valence-corrected chi connectivity index (χ0v) is 9.51. The minimum absolute atomic E-state index is 0. The summed E-state index contributed by atoms with van der Waals surface area (Å²) in [6, 6.07) is 7.98. The maximum atomic E-state index is 5.00. The average molecular weight is 235 g/mol. The molecule has 0 aliphatic rings. The first-order valence-corrected chi connectivity index (χ1v) is 4.18. The van der Waals surface area contributed by atoms with Crippen LogP contribution in [-0.4, -0.2) is 7.11 Å². The summed E-state index contributed by atoms with van der Waals surface area (Å²) >= 11 is 3.36. The van der Waals surface area contributed by atoms with Crippen molar-refractivity contribution >= 4 is 25.8 Å². The summed E-state index contributed by atoms with van der Waals surface area (Å²) in [4.78, 5) is 0. The summed E-state index contributed by atoms with van der Waals surface area (Å²) in [5.74, 6) is 0.907. The Morgan fingerprint density at radius 1 is 1.27 bits per heavy atom. The smallest absolute Gasteiger partial charge is 0.118 e. The minimum atomic E-state index is 0. The molecule has 1 aromatic rings. The van der Waals surface area contributed by atoms with Crippen molar-refractivity contribution in [3.05, 3.63) is 29.8 Å². The number of benzene rings is 1. The Balaban J connectivity index is 0.000001000. The monoisotopic (exact) mass is 234 g/mol. The van der Waals surface area contributed by atoms with E-state index >= 15 is 0 Å². The van der Waals surface area contributed by atoms with Crippen molar-refractivity contribution in [2.75, 3.05) is 7.11 Å². The molecule has 0 bridgehead atoms. The van der Waals surface area contributed by atoms with Crippen LogP contribution in [0.5, 0.6) is 5.75 Å². The van der Waals surface area contributed by atoms with Crippen LogP contribution in [0.2, 0.25) is 0 Å². The van der Waals surface area contributed by atoms with Crippen molar-refractivity contribution in [1.29, 1.82) is 0 Å². The topological polar surface area (TPSA) is 9.23 Å². The lowest BCUT2D eigenvalue weighted by molar-refractivity contribution is 0.414. The molecule has 11 heavy (non-hydrogen) atoms. The van der Waals surface area contributed by atoms with E-state index in [1.807, 2.05) is 24.3 Å². The van der Waals surface area contributed by atoms with Gasteiger partial charge in [-0.1, -0.05) is 28.1 Å². The predicted molar refractivity (Wildman–Crippen MR) is 56.7 cm³/mol. The molecule has 62 valence electrons. The molecule has 1 aromatic carbocycles. The highest BCUT2D eigenvalue weighted by atomic mass is 79.9. The summed E-state index contributed by atoms with van der Waals surface area (Å²) in [6.45, 7) is 0. The summed E-state index contributed by atoms with van der Waals surface area (Å²) in [6.07, 6.45) is 0. The highest BCUT2D eigenvalue weighted by molar-refractivity contribution is 9.08. The zero-order chi connectivity index (χ0) is 7.40. The number of rotatable bonds is 2. The van der Waals surface area contributed by atoms with Crippen LogP contribution >= 0.6 is 25.8 Å². The molecular formula is C8H12BrOP. The number of alkyl halides is 1. The Hall–Kier alpha value is -0.0700.